The van der Waals surface area contributed by atoms with Crippen molar-refractivity contribution < 1.29 is 27.4 Å². The Morgan fingerprint density at radius 1 is 1.42 bits per heavy atom. The monoisotopic (exact) mass is 341 g/mol. The van der Waals surface area contributed by atoms with Gasteiger partial charge in [0, 0.05) is 18.7 Å². The van der Waals surface area contributed by atoms with Gasteiger partial charge in [0.05, 0.1) is 23.4 Å². The largest absolute Gasteiger partial charge is 0.427 e. The van der Waals surface area contributed by atoms with Crippen LogP contribution in [0, 0.1) is 0 Å². The average molecular weight is 341 g/mol. The van der Waals surface area contributed by atoms with Gasteiger partial charge in [-0.15, -0.1) is 0 Å². The molecule has 0 spiro atoms. The quantitative estimate of drug-likeness (QED) is 0.848. The predicted molar refractivity (Wildman–Crippen MR) is 81.3 cm³/mol. The van der Waals surface area contributed by atoms with Gasteiger partial charge in [-0.1, -0.05) is 19.1 Å². The van der Waals surface area contributed by atoms with Gasteiger partial charge in [0.1, 0.15) is 0 Å². The number of alkyl halides is 3. The number of halogens is 3. The highest BCUT2D eigenvalue weighted by molar-refractivity contribution is 5.88. The number of benzene rings is 1. The number of carbonyl (C=O) groups is 1. The highest BCUT2D eigenvalue weighted by atomic mass is 19.4. The van der Waals surface area contributed by atoms with Crippen LogP contribution in [-0.2, 0) is 32.7 Å². The Morgan fingerprint density at radius 2 is 2.17 bits per heavy atom. The fourth-order valence-electron chi connectivity index (χ4n) is 3.37. The molecule has 1 unspecified atom stereocenters. The summed E-state index contributed by atoms with van der Waals surface area (Å²) in [6.45, 7) is 3.44. The Bertz CT molecular complexity index is 781. The highest BCUT2D eigenvalue weighted by Crippen LogP contribution is 2.43. The Morgan fingerprint density at radius 3 is 2.79 bits per heavy atom. The van der Waals surface area contributed by atoms with Crippen molar-refractivity contribution in [2.24, 2.45) is 0 Å². The Hall–Kier alpha value is -2.02. The van der Waals surface area contributed by atoms with Crippen LogP contribution in [0.2, 0.25) is 0 Å². The zero-order valence-corrected chi connectivity index (χ0v) is 13.4. The third-order valence-corrected chi connectivity index (χ3v) is 4.20. The second-order valence-electron chi connectivity index (χ2n) is 5.90. The van der Waals surface area contributed by atoms with E-state index in [4.69, 9.17) is 9.47 Å². The molecular weight excluding hydrogens is 323 g/mol. The Balaban J connectivity index is 2.26. The summed E-state index contributed by atoms with van der Waals surface area (Å²) in [5.41, 5.74) is 0.408. The second kappa shape index (κ2) is 5.81. The third-order valence-electron chi connectivity index (χ3n) is 4.20. The average Bonchev–Trinajstić information content (AvgIpc) is 2.86. The van der Waals surface area contributed by atoms with Crippen molar-refractivity contribution in [3.63, 3.8) is 0 Å². The summed E-state index contributed by atoms with van der Waals surface area (Å²) in [6.07, 6.45) is -2.99. The number of hydrogen-bond donors (Lipinski definition) is 1. The number of H-pyrrole nitrogens is 1. The van der Waals surface area contributed by atoms with Crippen LogP contribution in [0.3, 0.4) is 0 Å². The number of aromatic amines is 1. The van der Waals surface area contributed by atoms with Crippen LogP contribution < -0.4 is 0 Å². The van der Waals surface area contributed by atoms with Crippen molar-refractivity contribution in [2.75, 3.05) is 6.61 Å². The van der Waals surface area contributed by atoms with Gasteiger partial charge in [0.25, 0.3) is 5.79 Å². The lowest BCUT2D eigenvalue weighted by Gasteiger charge is -2.36. The van der Waals surface area contributed by atoms with Crippen LogP contribution in [0.4, 0.5) is 13.2 Å². The van der Waals surface area contributed by atoms with Crippen molar-refractivity contribution in [3.8, 4) is 0 Å². The van der Waals surface area contributed by atoms with Crippen LogP contribution in [0.15, 0.2) is 18.2 Å². The van der Waals surface area contributed by atoms with Gasteiger partial charge in [0.15, 0.2) is 0 Å². The maximum atomic E-state index is 13.3. The molecule has 0 aliphatic carbocycles. The molecule has 1 aliphatic heterocycles. The lowest BCUT2D eigenvalue weighted by molar-refractivity contribution is -0.247. The summed E-state index contributed by atoms with van der Waals surface area (Å²) in [6, 6.07) is 4.08. The number of para-hydroxylation sites is 1. The highest BCUT2D eigenvalue weighted by Gasteiger charge is 2.44. The van der Waals surface area contributed by atoms with E-state index in [9.17, 15) is 18.0 Å². The molecule has 1 aromatic heterocycles. The van der Waals surface area contributed by atoms with E-state index in [2.05, 4.69) is 4.98 Å². The Kier molecular flexibility index (Phi) is 4.07. The fourth-order valence-corrected chi connectivity index (χ4v) is 3.37. The van der Waals surface area contributed by atoms with Crippen molar-refractivity contribution in [1.29, 1.82) is 0 Å². The molecular formula is C17H18F3NO3. The van der Waals surface area contributed by atoms with E-state index in [0.29, 0.717) is 30.3 Å². The number of rotatable bonds is 3. The summed E-state index contributed by atoms with van der Waals surface area (Å²) in [5, 5.41) is 0.496. The first-order valence-electron chi connectivity index (χ1n) is 7.83. The van der Waals surface area contributed by atoms with E-state index in [1.54, 1.807) is 6.07 Å². The van der Waals surface area contributed by atoms with Gasteiger partial charge in [-0.2, -0.15) is 13.2 Å². The lowest BCUT2D eigenvalue weighted by Crippen LogP contribution is -2.39. The number of hydrogen-bond acceptors (Lipinski definition) is 3. The minimum absolute atomic E-state index is 0.00753. The number of carbonyl (C=O) groups excluding carboxylic acids is 1. The molecule has 1 atom stereocenters. The minimum atomic E-state index is -4.47. The van der Waals surface area contributed by atoms with Gasteiger partial charge in [-0.05, 0) is 24.5 Å². The number of fused-ring (bicyclic) bond motifs is 3. The third kappa shape index (κ3) is 2.66. The fraction of sp³-hybridized carbons (Fsp3) is 0.471. The lowest BCUT2D eigenvalue weighted by atomic mass is 9.96. The predicted octanol–water partition coefficient (Wildman–Crippen LogP) is 4.28. The number of nitrogens with one attached hydrogen (secondary N) is 1. The van der Waals surface area contributed by atoms with E-state index in [-0.39, 0.29) is 12.1 Å². The van der Waals surface area contributed by atoms with E-state index >= 15 is 0 Å². The van der Waals surface area contributed by atoms with Crippen molar-refractivity contribution >= 4 is 16.9 Å². The molecule has 0 amide bonds. The summed E-state index contributed by atoms with van der Waals surface area (Å²) >= 11 is 0. The number of esters is 1. The summed E-state index contributed by atoms with van der Waals surface area (Å²) < 4.78 is 51.1. The first kappa shape index (κ1) is 16.8. The number of ether oxygens (including phenoxy) is 2. The van der Waals surface area contributed by atoms with E-state index in [1.807, 2.05) is 6.92 Å². The molecule has 0 fully saturated rings. The summed E-state index contributed by atoms with van der Waals surface area (Å²) in [4.78, 5) is 14.4. The zero-order chi connectivity index (χ0) is 17.5. The zero-order valence-electron chi connectivity index (χ0n) is 13.4. The molecule has 7 heteroatoms. The normalized spacial score (nSPS) is 20.9. The van der Waals surface area contributed by atoms with Crippen molar-refractivity contribution in [3.05, 3.63) is 35.0 Å². The smallest absolute Gasteiger partial charge is 0.418 e. The van der Waals surface area contributed by atoms with Crippen LogP contribution in [0.25, 0.3) is 10.9 Å². The van der Waals surface area contributed by atoms with Gasteiger partial charge < -0.3 is 14.5 Å². The van der Waals surface area contributed by atoms with E-state index in [0.717, 1.165) is 11.6 Å². The van der Waals surface area contributed by atoms with Gasteiger partial charge in [-0.3, -0.25) is 4.79 Å². The Labute approximate surface area is 136 Å². The van der Waals surface area contributed by atoms with E-state index in [1.165, 1.54) is 13.0 Å². The van der Waals surface area contributed by atoms with E-state index < -0.39 is 23.5 Å². The maximum absolute atomic E-state index is 13.3. The SMILES string of the molecule is CCCC1(OC(C)=O)OCCc2c1[nH]c1c(C(F)(F)F)cccc21. The van der Waals surface area contributed by atoms with Crippen LogP contribution in [0.5, 0.6) is 0 Å². The van der Waals surface area contributed by atoms with Crippen molar-refractivity contribution in [1.82, 2.24) is 4.98 Å². The maximum Gasteiger partial charge on any atom is 0.418 e. The molecule has 24 heavy (non-hydrogen) atoms. The molecule has 0 bridgehead atoms. The van der Waals surface area contributed by atoms with Crippen molar-refractivity contribution in [2.45, 2.75) is 45.1 Å². The number of aromatic nitrogens is 1. The molecule has 1 N–H and O–H groups in total. The molecule has 0 saturated carbocycles. The standard InChI is InChI=1S/C17H18F3NO3/c1-3-8-16(24-10(2)22)15-12(7-9-23-16)11-5-4-6-13(14(11)21-15)17(18,19)20/h4-6,21H,3,7-9H2,1-2H3. The molecule has 3 rings (SSSR count). The van der Waals surface area contributed by atoms with Crippen LogP contribution in [-0.4, -0.2) is 17.6 Å². The summed E-state index contributed by atoms with van der Waals surface area (Å²) in [7, 11) is 0. The second-order valence-corrected chi connectivity index (χ2v) is 5.90. The van der Waals surface area contributed by atoms with Gasteiger partial charge >= 0.3 is 12.1 Å². The van der Waals surface area contributed by atoms with Gasteiger partial charge in [-0.25, -0.2) is 0 Å². The molecule has 0 saturated heterocycles. The first-order chi connectivity index (χ1) is 11.3. The molecule has 4 nitrogen and oxygen atoms in total. The van der Waals surface area contributed by atoms with Crippen LogP contribution >= 0.6 is 0 Å². The topological polar surface area (TPSA) is 51.3 Å². The first-order valence-corrected chi connectivity index (χ1v) is 7.83. The molecule has 130 valence electrons. The molecule has 0 radical (unpaired) electrons. The summed E-state index contributed by atoms with van der Waals surface area (Å²) in [5.74, 6) is -1.89. The molecule has 2 aromatic rings. The van der Waals surface area contributed by atoms with Gasteiger partial charge in [0.2, 0.25) is 0 Å². The minimum Gasteiger partial charge on any atom is -0.427 e. The molecule has 2 heterocycles. The van der Waals surface area contributed by atoms with Crippen LogP contribution in [0.1, 0.15) is 43.5 Å². The molecule has 1 aliphatic rings. The molecule has 1 aromatic carbocycles.